The van der Waals surface area contributed by atoms with Crippen molar-refractivity contribution in [3.8, 4) is 5.69 Å². The summed E-state index contributed by atoms with van der Waals surface area (Å²) in [7, 11) is 0. The number of nitrogens with zero attached hydrogens (tertiary/aromatic N) is 2. The number of nitrogens with one attached hydrogen (secondary N) is 2. The van der Waals surface area contributed by atoms with Crippen molar-refractivity contribution < 1.29 is 0 Å². The van der Waals surface area contributed by atoms with Gasteiger partial charge in [0.2, 0.25) is 0 Å². The summed E-state index contributed by atoms with van der Waals surface area (Å²) < 4.78 is 4.84. The minimum atomic E-state index is -0.0755. The van der Waals surface area contributed by atoms with E-state index in [0.717, 1.165) is 28.0 Å². The minimum absolute atomic E-state index is 0.0576. The van der Waals surface area contributed by atoms with E-state index in [0.29, 0.717) is 0 Å². The topological polar surface area (TPSA) is 71.8 Å². The van der Waals surface area contributed by atoms with Crippen molar-refractivity contribution in [2.24, 2.45) is 5.84 Å². The lowest BCUT2D eigenvalue weighted by Crippen LogP contribution is -2.53. The Morgan fingerprint density at radius 1 is 0.683 bits per heavy atom. The van der Waals surface area contributed by atoms with Crippen LogP contribution < -0.4 is 22.2 Å². The van der Waals surface area contributed by atoms with Crippen molar-refractivity contribution in [2.75, 3.05) is 5.43 Å². The number of hydrogen-bond donors (Lipinski definition) is 3. The molecule has 6 aromatic rings. The largest absolute Gasteiger partial charge is 0.375 e. The van der Waals surface area contributed by atoms with E-state index in [-0.39, 0.29) is 17.7 Å². The fraction of sp³-hybridized carbons (Fsp3) is 0.229. The summed E-state index contributed by atoms with van der Waals surface area (Å²) in [5.41, 5.74) is 14.2. The quantitative estimate of drug-likeness (QED) is 0.103. The van der Waals surface area contributed by atoms with Crippen LogP contribution in [-0.4, -0.2) is 22.1 Å². The van der Waals surface area contributed by atoms with E-state index in [1.54, 1.807) is 0 Å². The van der Waals surface area contributed by atoms with Crippen LogP contribution in [0.25, 0.3) is 38.4 Å². The molecule has 0 bridgehead atoms. The van der Waals surface area contributed by atoms with Crippen LogP contribution in [0.4, 0.5) is 5.69 Å². The Balaban J connectivity index is 1.76. The Labute approximate surface area is 241 Å². The predicted octanol–water partition coefficient (Wildman–Crippen LogP) is 6.58. The maximum atomic E-state index is 8.35. The van der Waals surface area contributed by atoms with Crippen LogP contribution in [0.5, 0.6) is 0 Å². The summed E-state index contributed by atoms with van der Waals surface area (Å²) >= 11 is 0. The monoisotopic (exact) mass is 537 g/mol. The van der Waals surface area contributed by atoms with Gasteiger partial charge in [-0.1, -0.05) is 114 Å². The molecule has 0 fully saturated rings. The molecule has 204 valence electrons. The summed E-state index contributed by atoms with van der Waals surface area (Å²) in [5.74, 6) is 6.09. The fourth-order valence-corrected chi connectivity index (χ4v) is 7.13. The molecule has 0 saturated carbocycles. The van der Waals surface area contributed by atoms with Crippen LogP contribution in [-0.2, 0) is 10.8 Å². The number of nitrogen functional groups attached to an aromatic ring is 1. The number of aromatic nitrogens is 2. The van der Waals surface area contributed by atoms with E-state index in [4.69, 9.17) is 11.3 Å². The molecular weight excluding hydrogens is 501 g/mol. The molecule has 4 aromatic carbocycles. The highest BCUT2D eigenvalue weighted by atomic mass is 15.2. The van der Waals surface area contributed by atoms with Crippen LogP contribution in [0.2, 0.25) is 0 Å². The lowest BCUT2D eigenvalue weighted by molar-refractivity contribution is 0.592. The second kappa shape index (κ2) is 8.61. The Bertz CT molecular complexity index is 1960. The Morgan fingerprint density at radius 3 is 1.78 bits per heavy atom. The van der Waals surface area contributed by atoms with Crippen molar-refractivity contribution in [3.63, 3.8) is 0 Å². The van der Waals surface area contributed by atoms with Gasteiger partial charge in [-0.3, -0.25) is 5.84 Å². The second-order valence-electron chi connectivity index (χ2n) is 13.4. The van der Waals surface area contributed by atoms with Crippen LogP contribution in [0.3, 0.4) is 0 Å². The molecule has 0 aliphatic carbocycles. The third-order valence-corrected chi connectivity index (χ3v) is 8.82. The molecule has 1 aliphatic heterocycles. The average Bonchev–Trinajstić information content (AvgIpc) is 3.45. The number of anilines is 1. The third kappa shape index (κ3) is 3.43. The molecule has 0 amide bonds. The Hall–Kier alpha value is -4.29. The van der Waals surface area contributed by atoms with Crippen molar-refractivity contribution in [2.45, 2.75) is 52.4 Å². The Kier molecular flexibility index (Phi) is 5.39. The zero-order chi connectivity index (χ0) is 28.8. The molecular formula is C35H36BN5. The van der Waals surface area contributed by atoms with E-state index >= 15 is 0 Å². The predicted molar refractivity (Wildman–Crippen MR) is 176 cm³/mol. The molecule has 0 atom stereocenters. The number of para-hydroxylation sites is 4. The van der Waals surface area contributed by atoms with Gasteiger partial charge in [0.15, 0.2) is 0 Å². The molecule has 3 heterocycles. The van der Waals surface area contributed by atoms with Gasteiger partial charge < -0.3 is 19.9 Å². The van der Waals surface area contributed by atoms with Crippen molar-refractivity contribution >= 4 is 62.4 Å². The molecule has 0 saturated heterocycles. The van der Waals surface area contributed by atoms with E-state index < -0.39 is 0 Å². The van der Waals surface area contributed by atoms with Gasteiger partial charge in [0.25, 0.3) is 0 Å². The Morgan fingerprint density at radius 2 is 1.22 bits per heavy atom. The number of hydrogen-bond acceptors (Lipinski definition) is 3. The average molecular weight is 538 g/mol. The molecule has 6 heteroatoms. The van der Waals surface area contributed by atoms with Crippen LogP contribution in [0, 0.1) is 5.41 Å². The third-order valence-electron chi connectivity index (χ3n) is 8.82. The normalized spacial score (nSPS) is 13.3. The van der Waals surface area contributed by atoms with Gasteiger partial charge in [0, 0.05) is 39.1 Å². The molecule has 41 heavy (non-hydrogen) atoms. The van der Waals surface area contributed by atoms with E-state index in [1.165, 1.54) is 50.1 Å². The number of nitrogens with two attached hydrogens (primary N) is 1. The van der Waals surface area contributed by atoms with Crippen LogP contribution in [0.1, 0.15) is 58.4 Å². The minimum Gasteiger partial charge on any atom is -0.375 e. The zero-order valence-corrected chi connectivity index (χ0v) is 24.6. The van der Waals surface area contributed by atoms with Gasteiger partial charge in [0.1, 0.15) is 0 Å². The summed E-state index contributed by atoms with van der Waals surface area (Å²) in [6.07, 6.45) is 1.41. The van der Waals surface area contributed by atoms with Crippen LogP contribution >= 0.6 is 0 Å². The zero-order valence-electron chi connectivity index (χ0n) is 24.6. The SMILES string of the molecule is CC(C)(C)c1cccc2c3cccc(C(C)(C)C)c3n(B3c4ccccc4-n4c(C=N)c(NN)c5cccc3c54)c12. The molecule has 0 unspecified atom stereocenters. The number of benzene rings is 4. The first-order valence-electron chi connectivity index (χ1n) is 14.4. The lowest BCUT2D eigenvalue weighted by Gasteiger charge is -2.31. The van der Waals surface area contributed by atoms with Gasteiger partial charge in [-0.2, -0.15) is 0 Å². The summed E-state index contributed by atoms with van der Waals surface area (Å²) in [5, 5.41) is 11.9. The first-order chi connectivity index (χ1) is 19.6. The first-order valence-corrected chi connectivity index (χ1v) is 14.4. The molecule has 7 rings (SSSR count). The summed E-state index contributed by atoms with van der Waals surface area (Å²) in [6.45, 7) is 13.8. The molecule has 0 spiro atoms. The van der Waals surface area contributed by atoms with E-state index in [2.05, 4.69) is 135 Å². The highest BCUT2D eigenvalue weighted by Crippen LogP contribution is 2.42. The summed E-state index contributed by atoms with van der Waals surface area (Å²) in [6, 6.07) is 28.7. The van der Waals surface area contributed by atoms with Gasteiger partial charge in [0.05, 0.1) is 16.9 Å². The van der Waals surface area contributed by atoms with Gasteiger partial charge >= 0.3 is 6.85 Å². The van der Waals surface area contributed by atoms with E-state index in [1.807, 2.05) is 0 Å². The standard InChI is InChI=1S/C35H36BN5/c1-34(2,3)24-15-9-12-21-22-13-10-16-25(35(4,5)6)32(22)41(31(21)24)36-26-17-7-8-19-28(26)40-29(20-37)30(39-38)23-14-11-18-27(36)33(23)40/h7-20,37,39H,38H2,1-6H3. The maximum absolute atomic E-state index is 8.35. The van der Waals surface area contributed by atoms with Crippen LogP contribution in [0.15, 0.2) is 78.9 Å². The van der Waals surface area contributed by atoms with E-state index in [9.17, 15) is 0 Å². The lowest BCUT2D eigenvalue weighted by atomic mass is 9.48. The highest BCUT2D eigenvalue weighted by Gasteiger charge is 2.38. The fourth-order valence-electron chi connectivity index (χ4n) is 7.13. The molecule has 5 nitrogen and oxygen atoms in total. The molecule has 4 N–H and O–H groups in total. The number of fused-ring (bicyclic) bond motifs is 5. The highest BCUT2D eigenvalue weighted by molar-refractivity contribution is 6.88. The summed E-state index contributed by atoms with van der Waals surface area (Å²) in [4.78, 5) is 0. The first kappa shape index (κ1) is 25.7. The maximum Gasteiger partial charge on any atom is 0.332 e. The number of hydrazine groups is 1. The van der Waals surface area contributed by atoms with Crippen molar-refractivity contribution in [1.82, 2.24) is 9.05 Å². The number of rotatable bonds is 3. The molecule has 0 radical (unpaired) electrons. The molecule has 1 aliphatic rings. The van der Waals surface area contributed by atoms with Gasteiger partial charge in [-0.05, 0) is 38.9 Å². The van der Waals surface area contributed by atoms with Crippen molar-refractivity contribution in [1.29, 1.82) is 5.41 Å². The second-order valence-corrected chi connectivity index (χ2v) is 13.4. The molecule has 2 aromatic heterocycles. The van der Waals surface area contributed by atoms with Gasteiger partial charge in [-0.25, -0.2) is 0 Å². The van der Waals surface area contributed by atoms with Crippen molar-refractivity contribution in [3.05, 3.63) is 95.7 Å². The van der Waals surface area contributed by atoms with Gasteiger partial charge in [-0.15, -0.1) is 0 Å². The smallest absolute Gasteiger partial charge is 0.332 e.